The fourth-order valence-electron chi connectivity index (χ4n) is 2.32. The number of imidazole rings is 1. The number of nitrogens with zero attached hydrogens (tertiary/aromatic N) is 2. The molecular formula is C15H16BrN3O. The van der Waals surface area contributed by atoms with Crippen LogP contribution in [-0.4, -0.2) is 23.1 Å². The molecule has 5 heteroatoms. The van der Waals surface area contributed by atoms with Gasteiger partial charge in [-0.25, -0.2) is 4.98 Å². The number of hydrogen-bond acceptors (Lipinski definition) is 3. The van der Waals surface area contributed by atoms with Gasteiger partial charge in [-0.2, -0.15) is 0 Å². The van der Waals surface area contributed by atoms with Gasteiger partial charge >= 0.3 is 0 Å². The van der Waals surface area contributed by atoms with Crippen molar-refractivity contribution >= 4 is 26.9 Å². The predicted octanol–water partition coefficient (Wildman–Crippen LogP) is 3.36. The Labute approximate surface area is 125 Å². The second-order valence-corrected chi connectivity index (χ2v) is 5.48. The van der Waals surface area contributed by atoms with E-state index >= 15 is 0 Å². The van der Waals surface area contributed by atoms with E-state index in [1.807, 2.05) is 32.3 Å². The van der Waals surface area contributed by atoms with Gasteiger partial charge in [0.25, 0.3) is 0 Å². The Morgan fingerprint density at radius 3 is 2.95 bits per heavy atom. The highest BCUT2D eigenvalue weighted by Crippen LogP contribution is 2.34. The van der Waals surface area contributed by atoms with Crippen LogP contribution in [0.15, 0.2) is 39.5 Å². The van der Waals surface area contributed by atoms with E-state index in [4.69, 9.17) is 9.40 Å². The molecule has 0 unspecified atom stereocenters. The average Bonchev–Trinajstić information content (AvgIpc) is 3.00. The summed E-state index contributed by atoms with van der Waals surface area (Å²) in [6.07, 6.45) is 2.67. The molecule has 3 aromatic rings. The number of hydrogen-bond donors (Lipinski definition) is 1. The summed E-state index contributed by atoms with van der Waals surface area (Å²) in [5, 5.41) is 4.24. The molecule has 1 N–H and O–H groups in total. The summed E-state index contributed by atoms with van der Waals surface area (Å²) in [5.41, 5.74) is 2.85. The summed E-state index contributed by atoms with van der Waals surface area (Å²) in [6.45, 7) is 0.906. The fraction of sp³-hybridized carbons (Fsp3) is 0.267. The Balaban J connectivity index is 2.10. The van der Waals surface area contributed by atoms with Gasteiger partial charge in [0.2, 0.25) is 0 Å². The lowest BCUT2D eigenvalue weighted by molar-refractivity contribution is 0.617. The number of benzene rings is 1. The lowest BCUT2D eigenvalue weighted by atomic mass is 10.1. The van der Waals surface area contributed by atoms with E-state index in [0.717, 1.165) is 45.6 Å². The third-order valence-electron chi connectivity index (χ3n) is 3.45. The Bertz CT molecular complexity index is 745. The van der Waals surface area contributed by atoms with E-state index in [1.165, 1.54) is 0 Å². The fourth-order valence-corrected chi connectivity index (χ4v) is 2.82. The summed E-state index contributed by atoms with van der Waals surface area (Å²) in [7, 11) is 3.97. The molecule has 104 valence electrons. The van der Waals surface area contributed by atoms with Gasteiger partial charge in [0.1, 0.15) is 28.0 Å². The maximum atomic E-state index is 5.61. The zero-order valence-corrected chi connectivity index (χ0v) is 13.1. The number of rotatable bonds is 4. The standard InChI is InChI=1S/C15H16BrN3O/c1-17-8-7-13-18-14(15(16)19(13)2)11-9-20-12-6-4-3-5-10(11)12/h3-6,9,17H,7-8H2,1-2H3. The van der Waals surface area contributed by atoms with Crippen LogP contribution in [-0.2, 0) is 13.5 Å². The molecule has 0 aliphatic heterocycles. The van der Waals surface area contributed by atoms with Crippen LogP contribution in [0.5, 0.6) is 0 Å². The maximum Gasteiger partial charge on any atom is 0.134 e. The van der Waals surface area contributed by atoms with Crippen LogP contribution < -0.4 is 5.32 Å². The van der Waals surface area contributed by atoms with Crippen LogP contribution in [0.3, 0.4) is 0 Å². The first kappa shape index (κ1) is 13.4. The largest absolute Gasteiger partial charge is 0.464 e. The minimum Gasteiger partial charge on any atom is -0.464 e. The van der Waals surface area contributed by atoms with Crippen molar-refractivity contribution in [2.45, 2.75) is 6.42 Å². The molecule has 0 saturated carbocycles. The highest BCUT2D eigenvalue weighted by Gasteiger charge is 2.17. The number of aromatic nitrogens is 2. The van der Waals surface area contributed by atoms with Crippen LogP contribution >= 0.6 is 15.9 Å². The molecular weight excluding hydrogens is 318 g/mol. The molecule has 20 heavy (non-hydrogen) atoms. The number of halogens is 1. The summed E-state index contributed by atoms with van der Waals surface area (Å²) < 4.78 is 8.67. The van der Waals surface area contributed by atoms with Crippen molar-refractivity contribution < 1.29 is 4.42 Å². The molecule has 0 radical (unpaired) electrons. The zero-order chi connectivity index (χ0) is 14.1. The minimum absolute atomic E-state index is 0.886. The third kappa shape index (κ3) is 2.17. The highest BCUT2D eigenvalue weighted by molar-refractivity contribution is 9.10. The van der Waals surface area contributed by atoms with Crippen molar-refractivity contribution in [3.8, 4) is 11.3 Å². The van der Waals surface area contributed by atoms with Gasteiger partial charge in [0, 0.05) is 31.0 Å². The number of nitrogens with one attached hydrogen (secondary N) is 1. The van der Waals surface area contributed by atoms with Crippen molar-refractivity contribution in [2.24, 2.45) is 7.05 Å². The summed E-state index contributed by atoms with van der Waals surface area (Å²) in [5.74, 6) is 1.05. The van der Waals surface area contributed by atoms with Gasteiger partial charge < -0.3 is 14.3 Å². The van der Waals surface area contributed by atoms with Crippen LogP contribution in [0.2, 0.25) is 0 Å². The van der Waals surface area contributed by atoms with Crippen molar-refractivity contribution in [3.05, 3.63) is 41.0 Å². The molecule has 0 aliphatic carbocycles. The topological polar surface area (TPSA) is 43.0 Å². The lowest BCUT2D eigenvalue weighted by Gasteiger charge is -2.00. The Morgan fingerprint density at radius 2 is 2.15 bits per heavy atom. The molecule has 0 aliphatic rings. The van der Waals surface area contributed by atoms with Crippen LogP contribution in [0, 0.1) is 0 Å². The molecule has 2 aromatic heterocycles. The molecule has 0 amide bonds. The number of fused-ring (bicyclic) bond motifs is 1. The zero-order valence-electron chi connectivity index (χ0n) is 11.5. The smallest absolute Gasteiger partial charge is 0.134 e. The van der Waals surface area contributed by atoms with Gasteiger partial charge in [-0.15, -0.1) is 0 Å². The van der Waals surface area contributed by atoms with E-state index in [1.54, 1.807) is 6.26 Å². The Kier molecular flexibility index (Phi) is 3.63. The van der Waals surface area contributed by atoms with Gasteiger partial charge in [-0.05, 0) is 29.0 Å². The average molecular weight is 334 g/mol. The van der Waals surface area contributed by atoms with E-state index in [2.05, 4.69) is 31.9 Å². The van der Waals surface area contributed by atoms with Crippen LogP contribution in [0.1, 0.15) is 5.82 Å². The second-order valence-electron chi connectivity index (χ2n) is 4.73. The molecule has 0 bridgehead atoms. The Morgan fingerprint density at radius 1 is 1.35 bits per heavy atom. The number of likely N-dealkylation sites (N-methyl/N-ethyl adjacent to an activating group) is 1. The Hall–Kier alpha value is -1.59. The number of furan rings is 1. The lowest BCUT2D eigenvalue weighted by Crippen LogP contribution is -2.13. The van der Waals surface area contributed by atoms with Gasteiger partial charge in [-0.1, -0.05) is 18.2 Å². The summed E-state index contributed by atoms with van der Waals surface area (Å²) in [4.78, 5) is 4.76. The normalized spacial score (nSPS) is 11.3. The number of para-hydroxylation sites is 1. The molecule has 0 fully saturated rings. The highest BCUT2D eigenvalue weighted by atomic mass is 79.9. The first-order valence-corrected chi connectivity index (χ1v) is 7.34. The molecule has 0 atom stereocenters. The van der Waals surface area contributed by atoms with Crippen molar-refractivity contribution in [1.82, 2.24) is 14.9 Å². The molecule has 0 spiro atoms. The van der Waals surface area contributed by atoms with Crippen molar-refractivity contribution in [1.29, 1.82) is 0 Å². The van der Waals surface area contributed by atoms with E-state index in [9.17, 15) is 0 Å². The quantitative estimate of drug-likeness (QED) is 0.796. The summed E-state index contributed by atoms with van der Waals surface area (Å²) >= 11 is 3.64. The predicted molar refractivity (Wildman–Crippen MR) is 83.7 cm³/mol. The maximum absolute atomic E-state index is 5.61. The van der Waals surface area contributed by atoms with E-state index in [-0.39, 0.29) is 0 Å². The van der Waals surface area contributed by atoms with Gasteiger partial charge in [0.05, 0.1) is 0 Å². The molecule has 4 nitrogen and oxygen atoms in total. The van der Waals surface area contributed by atoms with Gasteiger partial charge in [0.15, 0.2) is 0 Å². The molecule has 2 heterocycles. The molecule has 3 rings (SSSR count). The van der Waals surface area contributed by atoms with E-state index in [0.29, 0.717) is 0 Å². The third-order valence-corrected chi connectivity index (χ3v) is 4.36. The van der Waals surface area contributed by atoms with Crippen molar-refractivity contribution in [2.75, 3.05) is 13.6 Å². The summed E-state index contributed by atoms with van der Waals surface area (Å²) in [6, 6.07) is 8.02. The first-order chi connectivity index (χ1) is 9.72. The van der Waals surface area contributed by atoms with Gasteiger partial charge in [-0.3, -0.25) is 0 Å². The van der Waals surface area contributed by atoms with E-state index < -0.39 is 0 Å². The first-order valence-electron chi connectivity index (χ1n) is 6.54. The molecule has 1 aromatic carbocycles. The van der Waals surface area contributed by atoms with Crippen LogP contribution in [0.4, 0.5) is 0 Å². The molecule has 0 saturated heterocycles. The monoisotopic (exact) mass is 333 g/mol. The van der Waals surface area contributed by atoms with Crippen LogP contribution in [0.25, 0.3) is 22.2 Å². The SMILES string of the molecule is CNCCc1nc(-c2coc3ccccc23)c(Br)n1C. The minimum atomic E-state index is 0.886. The second kappa shape index (κ2) is 5.42. The van der Waals surface area contributed by atoms with Crippen molar-refractivity contribution in [3.63, 3.8) is 0 Å².